The van der Waals surface area contributed by atoms with Gasteiger partial charge in [0.25, 0.3) is 5.56 Å². The summed E-state index contributed by atoms with van der Waals surface area (Å²) in [6, 6.07) is 0. The number of piperazine rings is 1. The molecule has 0 bridgehead atoms. The Morgan fingerprint density at radius 2 is 1.85 bits per heavy atom. The van der Waals surface area contributed by atoms with Crippen LogP contribution in [0.4, 0.5) is 0 Å². The molecule has 8 nitrogen and oxygen atoms in total. The van der Waals surface area contributed by atoms with Crippen LogP contribution in [0.2, 0.25) is 0 Å². The lowest BCUT2D eigenvalue weighted by molar-refractivity contribution is -0.129. The molecule has 0 aromatic carbocycles. The van der Waals surface area contributed by atoms with Gasteiger partial charge in [0.15, 0.2) is 0 Å². The van der Waals surface area contributed by atoms with Crippen molar-refractivity contribution in [1.82, 2.24) is 24.7 Å². The number of hydrogen-bond donors (Lipinski definition) is 2. The highest BCUT2D eigenvalue weighted by molar-refractivity contribution is 5.79. The van der Waals surface area contributed by atoms with Gasteiger partial charge in [-0.05, 0) is 26.8 Å². The van der Waals surface area contributed by atoms with Gasteiger partial charge in [0.1, 0.15) is 5.82 Å². The number of aliphatic hydroxyl groups excluding tert-OH is 1. The van der Waals surface area contributed by atoms with E-state index in [1.807, 2.05) is 0 Å². The maximum Gasteiger partial charge on any atom is 0.254 e. The molecule has 2 aliphatic rings. The molecule has 150 valence electrons. The normalized spacial score (nSPS) is 24.5. The van der Waals surface area contributed by atoms with E-state index in [4.69, 9.17) is 0 Å². The molecule has 2 fully saturated rings. The molecule has 3 rings (SSSR count). The van der Waals surface area contributed by atoms with Crippen LogP contribution in [0.25, 0.3) is 0 Å². The zero-order chi connectivity index (χ0) is 19.6. The van der Waals surface area contributed by atoms with E-state index in [-0.39, 0.29) is 36.3 Å². The van der Waals surface area contributed by atoms with Crippen LogP contribution >= 0.6 is 0 Å². The molecule has 2 N–H and O–H groups in total. The molecular formula is C19H31N5O3. The minimum absolute atomic E-state index is 0.0615. The number of likely N-dealkylation sites (N-methyl/N-ethyl adjacent to an activating group) is 1. The van der Waals surface area contributed by atoms with Gasteiger partial charge >= 0.3 is 0 Å². The number of nitrogens with one attached hydrogen (secondary N) is 1. The zero-order valence-corrected chi connectivity index (χ0v) is 16.6. The maximum absolute atomic E-state index is 12.8. The molecule has 2 saturated heterocycles. The third-order valence-electron chi connectivity index (χ3n) is 5.92. The third kappa shape index (κ3) is 4.75. The smallest absolute Gasteiger partial charge is 0.254 e. The number of H-pyrrole nitrogens is 1. The number of hydrogen-bond acceptors (Lipinski definition) is 6. The molecule has 2 atom stereocenters. The summed E-state index contributed by atoms with van der Waals surface area (Å²) in [5.41, 5.74) is 0.811. The lowest BCUT2D eigenvalue weighted by Gasteiger charge is -2.34. The fraction of sp³-hybridized carbons (Fsp3) is 0.737. The Hall–Kier alpha value is -1.77. The van der Waals surface area contributed by atoms with Crippen molar-refractivity contribution in [2.45, 2.75) is 20.3 Å². The van der Waals surface area contributed by atoms with Gasteiger partial charge in [0.2, 0.25) is 5.91 Å². The number of likely N-dealkylation sites (tertiary alicyclic amines) is 1. The number of amides is 1. The van der Waals surface area contributed by atoms with Crippen LogP contribution in [0.5, 0.6) is 0 Å². The summed E-state index contributed by atoms with van der Waals surface area (Å²) in [5, 5.41) is 9.79. The molecule has 2 aliphatic heterocycles. The lowest BCUT2D eigenvalue weighted by Crippen LogP contribution is -2.47. The first kappa shape index (κ1) is 20.0. The Morgan fingerprint density at radius 1 is 1.19 bits per heavy atom. The van der Waals surface area contributed by atoms with Crippen LogP contribution in [-0.4, -0.2) is 95.1 Å². The molecule has 1 amide bonds. The monoisotopic (exact) mass is 377 g/mol. The summed E-state index contributed by atoms with van der Waals surface area (Å²) in [5.74, 6) is 0.873. The number of carbonyl (C=O) groups excluding carboxylic acids is 1. The summed E-state index contributed by atoms with van der Waals surface area (Å²) in [6.45, 7) is 9.88. The zero-order valence-electron chi connectivity index (χ0n) is 16.6. The lowest BCUT2D eigenvalue weighted by atomic mass is 9.96. The van der Waals surface area contributed by atoms with Crippen molar-refractivity contribution >= 4 is 5.91 Å². The van der Waals surface area contributed by atoms with Crippen molar-refractivity contribution in [2.24, 2.45) is 11.8 Å². The Labute approximate surface area is 160 Å². The van der Waals surface area contributed by atoms with Crippen LogP contribution in [0.15, 0.2) is 4.79 Å². The number of aryl methyl sites for hydroxylation is 2. The highest BCUT2D eigenvalue weighted by Crippen LogP contribution is 2.25. The molecule has 1 aromatic heterocycles. The topological polar surface area (TPSA) is 92.8 Å². The average molecular weight is 377 g/mol. The average Bonchev–Trinajstić information content (AvgIpc) is 3.03. The maximum atomic E-state index is 12.8. The molecule has 0 spiro atoms. The van der Waals surface area contributed by atoms with Crippen molar-refractivity contribution in [2.75, 3.05) is 59.5 Å². The summed E-state index contributed by atoms with van der Waals surface area (Å²) < 4.78 is 0. The van der Waals surface area contributed by atoms with Crippen LogP contribution in [0.3, 0.4) is 0 Å². The van der Waals surface area contributed by atoms with Crippen LogP contribution in [-0.2, 0) is 11.2 Å². The number of rotatable bonds is 5. The van der Waals surface area contributed by atoms with E-state index in [1.165, 1.54) is 0 Å². The van der Waals surface area contributed by atoms with Crippen LogP contribution < -0.4 is 5.56 Å². The molecule has 0 radical (unpaired) electrons. The first-order valence-electron chi connectivity index (χ1n) is 9.73. The number of aromatic nitrogens is 2. The Balaban J connectivity index is 1.62. The second kappa shape index (κ2) is 8.50. The van der Waals surface area contributed by atoms with E-state index in [9.17, 15) is 14.7 Å². The number of carbonyl (C=O) groups is 1. The predicted octanol–water partition coefficient (Wildman–Crippen LogP) is -0.756. The molecule has 0 aliphatic carbocycles. The SMILES string of the molecule is Cc1nc(C)c(CC(=O)N2C[C@@H](CN3CCN(C)CC3)[C@@H](CO)C2)c(=O)[nH]1. The van der Waals surface area contributed by atoms with E-state index in [1.54, 1.807) is 18.7 Å². The molecule has 0 unspecified atom stereocenters. The van der Waals surface area contributed by atoms with Crippen molar-refractivity contribution in [3.05, 3.63) is 27.4 Å². The standard InChI is InChI=1S/C19H31N5O3/c1-13-17(19(27)21-14(2)20-13)8-18(26)24-10-15(16(11-24)12-25)9-23-6-4-22(3)5-7-23/h15-16,25H,4-12H2,1-3H3,(H,20,21,27)/t15-,16-/m1/s1. The number of aliphatic hydroxyl groups is 1. The van der Waals surface area contributed by atoms with E-state index in [0.717, 1.165) is 32.7 Å². The molecule has 27 heavy (non-hydrogen) atoms. The Bertz CT molecular complexity index is 727. The number of nitrogens with zero attached hydrogens (tertiary/aromatic N) is 4. The Morgan fingerprint density at radius 3 is 2.48 bits per heavy atom. The van der Waals surface area contributed by atoms with E-state index >= 15 is 0 Å². The van der Waals surface area contributed by atoms with E-state index < -0.39 is 0 Å². The van der Waals surface area contributed by atoms with Gasteiger partial charge in [-0.25, -0.2) is 4.98 Å². The first-order valence-corrected chi connectivity index (χ1v) is 9.73. The van der Waals surface area contributed by atoms with Gasteiger partial charge in [-0.3, -0.25) is 9.59 Å². The van der Waals surface area contributed by atoms with Crippen LogP contribution in [0.1, 0.15) is 17.1 Å². The summed E-state index contributed by atoms with van der Waals surface area (Å²) in [6.07, 6.45) is 0.0633. The van der Waals surface area contributed by atoms with Gasteiger partial charge in [-0.15, -0.1) is 0 Å². The van der Waals surface area contributed by atoms with Crippen molar-refractivity contribution in [3.8, 4) is 0 Å². The fourth-order valence-electron chi connectivity index (χ4n) is 4.14. The first-order chi connectivity index (χ1) is 12.9. The van der Waals surface area contributed by atoms with Crippen molar-refractivity contribution < 1.29 is 9.90 Å². The van der Waals surface area contributed by atoms with Crippen LogP contribution in [0, 0.1) is 25.7 Å². The minimum Gasteiger partial charge on any atom is -0.396 e. The van der Waals surface area contributed by atoms with Crippen molar-refractivity contribution in [1.29, 1.82) is 0 Å². The largest absolute Gasteiger partial charge is 0.396 e. The molecule has 8 heteroatoms. The van der Waals surface area contributed by atoms with Gasteiger partial charge < -0.3 is 24.8 Å². The van der Waals surface area contributed by atoms with Gasteiger partial charge in [0, 0.05) is 69.6 Å². The summed E-state index contributed by atoms with van der Waals surface area (Å²) in [4.78, 5) is 38.5. The molecule has 3 heterocycles. The van der Waals surface area contributed by atoms with Crippen molar-refractivity contribution in [3.63, 3.8) is 0 Å². The van der Waals surface area contributed by atoms with Gasteiger partial charge in [0.05, 0.1) is 6.42 Å². The Kier molecular flexibility index (Phi) is 6.29. The quantitative estimate of drug-likeness (QED) is 0.701. The minimum atomic E-state index is -0.236. The summed E-state index contributed by atoms with van der Waals surface area (Å²) in [7, 11) is 2.13. The summed E-state index contributed by atoms with van der Waals surface area (Å²) >= 11 is 0. The predicted molar refractivity (Wildman–Crippen MR) is 103 cm³/mol. The number of aromatic amines is 1. The van der Waals surface area contributed by atoms with Gasteiger partial charge in [-0.2, -0.15) is 0 Å². The van der Waals surface area contributed by atoms with E-state index in [2.05, 4.69) is 26.8 Å². The molecular weight excluding hydrogens is 346 g/mol. The second-order valence-corrected chi connectivity index (χ2v) is 8.00. The molecule has 1 aromatic rings. The third-order valence-corrected chi connectivity index (χ3v) is 5.92. The fourth-order valence-corrected chi connectivity index (χ4v) is 4.14. The molecule has 0 saturated carbocycles. The highest BCUT2D eigenvalue weighted by Gasteiger charge is 2.36. The second-order valence-electron chi connectivity index (χ2n) is 8.00. The van der Waals surface area contributed by atoms with E-state index in [0.29, 0.717) is 30.2 Å². The van der Waals surface area contributed by atoms with Gasteiger partial charge in [-0.1, -0.05) is 0 Å². The highest BCUT2D eigenvalue weighted by atomic mass is 16.3.